The van der Waals surface area contributed by atoms with Gasteiger partial charge >= 0.3 is 11.9 Å². The van der Waals surface area contributed by atoms with E-state index in [1.54, 1.807) is 13.2 Å². The van der Waals surface area contributed by atoms with Gasteiger partial charge in [0.15, 0.2) is 0 Å². The molecule has 2 N–H and O–H groups in total. The van der Waals surface area contributed by atoms with Crippen LogP contribution in [0.3, 0.4) is 0 Å². The fourth-order valence-corrected chi connectivity index (χ4v) is 3.78. The maximum atomic E-state index is 11.7. The van der Waals surface area contributed by atoms with Crippen molar-refractivity contribution in [2.45, 2.75) is 6.92 Å². The van der Waals surface area contributed by atoms with Crippen LogP contribution in [0, 0.1) is 6.92 Å². The molecular formula is C18H14O5S. The lowest BCUT2D eigenvalue weighted by molar-refractivity contribution is 0.0696. The zero-order valence-corrected chi connectivity index (χ0v) is 13.8. The lowest BCUT2D eigenvalue weighted by atomic mass is 9.96. The molecule has 24 heavy (non-hydrogen) atoms. The molecule has 5 nitrogen and oxygen atoms in total. The third-order valence-corrected chi connectivity index (χ3v) is 5.05. The van der Waals surface area contributed by atoms with Crippen molar-refractivity contribution in [3.05, 3.63) is 53.1 Å². The van der Waals surface area contributed by atoms with Crippen LogP contribution in [0.1, 0.15) is 26.3 Å². The molecule has 1 heterocycles. The smallest absolute Gasteiger partial charge is 0.336 e. The first-order chi connectivity index (χ1) is 11.4. The quantitative estimate of drug-likeness (QED) is 0.739. The number of hydrogen-bond acceptors (Lipinski definition) is 4. The van der Waals surface area contributed by atoms with E-state index < -0.39 is 11.9 Å². The van der Waals surface area contributed by atoms with Crippen molar-refractivity contribution in [2.75, 3.05) is 7.11 Å². The predicted molar refractivity (Wildman–Crippen MR) is 92.5 cm³/mol. The highest BCUT2D eigenvalue weighted by Crippen LogP contribution is 2.38. The van der Waals surface area contributed by atoms with Crippen molar-refractivity contribution < 1.29 is 24.5 Å². The molecule has 122 valence electrons. The van der Waals surface area contributed by atoms with Crippen LogP contribution in [-0.4, -0.2) is 29.3 Å². The summed E-state index contributed by atoms with van der Waals surface area (Å²) in [5.41, 5.74) is 0.792. The predicted octanol–water partition coefficient (Wildman–Crippen LogP) is 4.28. The van der Waals surface area contributed by atoms with E-state index in [-0.39, 0.29) is 16.7 Å². The second-order valence-corrected chi connectivity index (χ2v) is 6.37. The summed E-state index contributed by atoms with van der Waals surface area (Å²) in [4.78, 5) is 23.7. The Morgan fingerprint density at radius 1 is 1.04 bits per heavy atom. The summed E-state index contributed by atoms with van der Waals surface area (Å²) < 4.78 is 6.21. The first kappa shape index (κ1) is 16.0. The van der Waals surface area contributed by atoms with Gasteiger partial charge in [-0.15, -0.1) is 11.3 Å². The number of hydrogen-bond donors (Lipinski definition) is 2. The summed E-state index contributed by atoms with van der Waals surface area (Å²) in [6, 6.07) is 10.5. The van der Waals surface area contributed by atoms with E-state index >= 15 is 0 Å². The average Bonchev–Trinajstić information content (AvgIpc) is 2.96. The van der Waals surface area contributed by atoms with Crippen LogP contribution in [0.25, 0.3) is 20.5 Å². The molecule has 0 aliphatic heterocycles. The van der Waals surface area contributed by atoms with Crippen LogP contribution >= 0.6 is 11.3 Å². The van der Waals surface area contributed by atoms with E-state index in [4.69, 9.17) is 4.74 Å². The lowest BCUT2D eigenvalue weighted by Crippen LogP contribution is -2.08. The van der Waals surface area contributed by atoms with Crippen LogP contribution in [0.5, 0.6) is 5.75 Å². The number of carboxylic acid groups (broad SMARTS) is 2. The number of carbonyl (C=O) groups is 2. The van der Waals surface area contributed by atoms with Crippen molar-refractivity contribution in [1.82, 2.24) is 0 Å². The van der Waals surface area contributed by atoms with Crippen LogP contribution in [0.4, 0.5) is 0 Å². The van der Waals surface area contributed by atoms with Gasteiger partial charge in [-0.05, 0) is 48.2 Å². The van der Waals surface area contributed by atoms with Crippen LogP contribution in [-0.2, 0) is 0 Å². The zero-order valence-electron chi connectivity index (χ0n) is 13.0. The molecular weight excluding hydrogens is 328 g/mol. The Morgan fingerprint density at radius 3 is 2.42 bits per heavy atom. The highest BCUT2D eigenvalue weighted by Gasteiger charge is 2.21. The monoisotopic (exact) mass is 342 g/mol. The molecule has 0 spiro atoms. The summed E-state index contributed by atoms with van der Waals surface area (Å²) >= 11 is 1.46. The fraction of sp³-hybridized carbons (Fsp3) is 0.111. The van der Waals surface area contributed by atoms with Crippen LogP contribution < -0.4 is 4.74 Å². The molecule has 0 saturated heterocycles. The Morgan fingerprint density at radius 2 is 1.79 bits per heavy atom. The van der Waals surface area contributed by atoms with Crippen LogP contribution in [0.15, 0.2) is 36.4 Å². The number of aromatic carboxylic acids is 2. The van der Waals surface area contributed by atoms with Crippen molar-refractivity contribution in [3.8, 4) is 16.2 Å². The average molecular weight is 342 g/mol. The molecule has 0 aliphatic carbocycles. The van der Waals surface area contributed by atoms with Gasteiger partial charge in [-0.2, -0.15) is 0 Å². The van der Waals surface area contributed by atoms with Gasteiger partial charge in [-0.25, -0.2) is 9.59 Å². The second-order valence-electron chi connectivity index (χ2n) is 5.29. The van der Waals surface area contributed by atoms with Crippen molar-refractivity contribution in [1.29, 1.82) is 0 Å². The topological polar surface area (TPSA) is 83.8 Å². The largest absolute Gasteiger partial charge is 0.497 e. The first-order valence-electron chi connectivity index (χ1n) is 7.10. The molecule has 0 unspecified atom stereocenters. The van der Waals surface area contributed by atoms with E-state index in [1.807, 2.05) is 24.3 Å². The third-order valence-electron chi connectivity index (χ3n) is 3.90. The SMILES string of the molecule is COc1ccc2sc(-c3ccc(C(=O)O)c(C)c3C(=O)O)cc2c1. The van der Waals surface area contributed by atoms with Gasteiger partial charge < -0.3 is 14.9 Å². The standard InChI is InChI=1S/C18H14O5S/c1-9-12(17(19)20)4-5-13(16(9)18(21)22)15-8-10-7-11(23-2)3-6-14(10)24-15/h3-8H,1-2H3,(H,19,20)(H,21,22). The maximum Gasteiger partial charge on any atom is 0.336 e. The van der Waals surface area contributed by atoms with Crippen LogP contribution in [0.2, 0.25) is 0 Å². The second kappa shape index (κ2) is 5.98. The summed E-state index contributed by atoms with van der Waals surface area (Å²) in [6.45, 7) is 1.52. The fourth-order valence-electron chi connectivity index (χ4n) is 2.71. The number of methoxy groups -OCH3 is 1. The number of carboxylic acids is 2. The minimum absolute atomic E-state index is 0.000990. The van der Waals surface area contributed by atoms with Crippen molar-refractivity contribution in [2.24, 2.45) is 0 Å². The number of fused-ring (bicyclic) bond motifs is 1. The summed E-state index contributed by atoms with van der Waals surface area (Å²) in [5.74, 6) is -1.55. The number of rotatable bonds is 4. The number of benzene rings is 2. The molecule has 3 rings (SSSR count). The number of ether oxygens (including phenoxy) is 1. The van der Waals surface area contributed by atoms with Gasteiger partial charge in [0.25, 0.3) is 0 Å². The highest BCUT2D eigenvalue weighted by molar-refractivity contribution is 7.22. The van der Waals surface area contributed by atoms with E-state index in [0.717, 1.165) is 20.7 Å². The molecule has 1 aromatic heterocycles. The van der Waals surface area contributed by atoms with Gasteiger partial charge in [0.1, 0.15) is 5.75 Å². The van der Waals surface area contributed by atoms with Gasteiger partial charge in [-0.1, -0.05) is 6.07 Å². The highest BCUT2D eigenvalue weighted by atomic mass is 32.1. The summed E-state index contributed by atoms with van der Waals surface area (Å²) in [5, 5.41) is 19.7. The van der Waals surface area contributed by atoms with Gasteiger partial charge in [0.05, 0.1) is 18.2 Å². The molecule has 2 aromatic carbocycles. The Labute approximate surface area is 141 Å². The molecule has 0 saturated carbocycles. The minimum Gasteiger partial charge on any atom is -0.497 e. The molecule has 3 aromatic rings. The molecule has 0 amide bonds. The first-order valence-corrected chi connectivity index (χ1v) is 7.92. The Bertz CT molecular complexity index is 971. The Hall–Kier alpha value is -2.86. The molecule has 0 atom stereocenters. The number of thiophene rings is 1. The van der Waals surface area contributed by atoms with Gasteiger partial charge in [0, 0.05) is 15.1 Å². The summed E-state index contributed by atoms with van der Waals surface area (Å²) in [7, 11) is 1.59. The Balaban J connectivity index is 2.24. The molecule has 0 aliphatic rings. The van der Waals surface area contributed by atoms with E-state index in [1.165, 1.54) is 24.3 Å². The van der Waals surface area contributed by atoms with E-state index in [0.29, 0.717) is 5.56 Å². The van der Waals surface area contributed by atoms with E-state index in [2.05, 4.69) is 0 Å². The molecule has 6 heteroatoms. The maximum absolute atomic E-state index is 11.7. The van der Waals surface area contributed by atoms with Crippen molar-refractivity contribution >= 4 is 33.4 Å². The third kappa shape index (κ3) is 2.61. The van der Waals surface area contributed by atoms with E-state index in [9.17, 15) is 19.8 Å². The van der Waals surface area contributed by atoms with Crippen molar-refractivity contribution in [3.63, 3.8) is 0 Å². The zero-order chi connectivity index (χ0) is 17.4. The molecule has 0 fully saturated rings. The molecule has 0 bridgehead atoms. The normalized spacial score (nSPS) is 10.8. The minimum atomic E-state index is -1.14. The summed E-state index contributed by atoms with van der Waals surface area (Å²) in [6.07, 6.45) is 0. The molecule has 0 radical (unpaired) electrons. The van der Waals surface area contributed by atoms with Gasteiger partial charge in [0.2, 0.25) is 0 Å². The Kier molecular flexibility index (Phi) is 3.99. The lowest BCUT2D eigenvalue weighted by Gasteiger charge is -2.10. The van der Waals surface area contributed by atoms with Gasteiger partial charge in [-0.3, -0.25) is 0 Å².